The fraction of sp³-hybridized carbons (Fsp3) is 0.421. The number of nitrogens with one attached hydrogen (secondary N) is 1. The molecular weight excluding hydrogens is 256 g/mol. The van der Waals surface area contributed by atoms with Crippen molar-refractivity contribution in [1.29, 1.82) is 0 Å². The van der Waals surface area contributed by atoms with Crippen molar-refractivity contribution < 1.29 is 0 Å². The van der Waals surface area contributed by atoms with Gasteiger partial charge in [0.05, 0.1) is 0 Å². The molecule has 1 aromatic heterocycles. The van der Waals surface area contributed by atoms with E-state index in [1.54, 1.807) is 0 Å². The van der Waals surface area contributed by atoms with Crippen LogP contribution < -0.4 is 5.32 Å². The van der Waals surface area contributed by atoms with Gasteiger partial charge in [-0.25, -0.2) is 0 Å². The second kappa shape index (κ2) is 6.40. The van der Waals surface area contributed by atoms with E-state index in [0.29, 0.717) is 12.0 Å². The van der Waals surface area contributed by atoms with Crippen molar-refractivity contribution in [1.82, 2.24) is 10.3 Å². The van der Waals surface area contributed by atoms with Gasteiger partial charge in [0.15, 0.2) is 0 Å². The largest absolute Gasteiger partial charge is 0.309 e. The molecule has 2 unspecified atom stereocenters. The molecule has 3 rings (SSSR count). The molecule has 1 aliphatic rings. The van der Waals surface area contributed by atoms with Gasteiger partial charge in [-0.1, -0.05) is 42.8 Å². The first-order chi connectivity index (χ1) is 10.3. The molecular formula is C19H24N2. The van der Waals surface area contributed by atoms with Crippen molar-refractivity contribution >= 4 is 0 Å². The molecule has 110 valence electrons. The first-order valence-electron chi connectivity index (χ1n) is 8.03. The quantitative estimate of drug-likeness (QED) is 0.889. The Kier molecular flexibility index (Phi) is 4.35. The zero-order valence-electron chi connectivity index (χ0n) is 13.0. The maximum atomic E-state index is 4.68. The monoisotopic (exact) mass is 280 g/mol. The predicted octanol–water partition coefficient (Wildman–Crippen LogP) is 4.16. The van der Waals surface area contributed by atoms with Crippen LogP contribution in [0.4, 0.5) is 0 Å². The van der Waals surface area contributed by atoms with Gasteiger partial charge in [-0.2, -0.15) is 0 Å². The third kappa shape index (κ3) is 3.01. The lowest BCUT2D eigenvalue weighted by Gasteiger charge is -2.26. The molecule has 0 amide bonds. The molecule has 0 bridgehead atoms. The number of fused-ring (bicyclic) bond motifs is 1. The Morgan fingerprint density at radius 2 is 2.19 bits per heavy atom. The van der Waals surface area contributed by atoms with Gasteiger partial charge >= 0.3 is 0 Å². The number of aromatic nitrogens is 1. The lowest BCUT2D eigenvalue weighted by atomic mass is 9.90. The average molecular weight is 280 g/mol. The van der Waals surface area contributed by atoms with Gasteiger partial charge in [0, 0.05) is 23.9 Å². The van der Waals surface area contributed by atoms with Crippen LogP contribution >= 0.6 is 0 Å². The summed E-state index contributed by atoms with van der Waals surface area (Å²) in [6.07, 6.45) is 5.44. The van der Waals surface area contributed by atoms with E-state index in [4.69, 9.17) is 0 Å². The average Bonchev–Trinajstić information content (AvgIpc) is 2.92. The number of rotatable bonds is 5. The first-order valence-corrected chi connectivity index (χ1v) is 8.03. The predicted molar refractivity (Wildman–Crippen MR) is 87.5 cm³/mol. The van der Waals surface area contributed by atoms with E-state index < -0.39 is 0 Å². The molecule has 1 N–H and O–H groups in total. The van der Waals surface area contributed by atoms with Crippen molar-refractivity contribution in [3.8, 4) is 0 Å². The number of benzene rings is 1. The van der Waals surface area contributed by atoms with E-state index in [-0.39, 0.29) is 0 Å². The van der Waals surface area contributed by atoms with Gasteiger partial charge in [-0.15, -0.1) is 0 Å². The second-order valence-corrected chi connectivity index (χ2v) is 6.04. The Balaban J connectivity index is 1.93. The highest BCUT2D eigenvalue weighted by Crippen LogP contribution is 2.40. The molecule has 2 aromatic rings. The van der Waals surface area contributed by atoms with Crippen LogP contribution in [0, 0.1) is 6.92 Å². The molecule has 1 aliphatic carbocycles. The molecule has 0 spiro atoms. The van der Waals surface area contributed by atoms with Crippen molar-refractivity contribution in [2.24, 2.45) is 0 Å². The highest BCUT2D eigenvalue weighted by atomic mass is 14.9. The van der Waals surface area contributed by atoms with Crippen molar-refractivity contribution in [3.63, 3.8) is 0 Å². The minimum Gasteiger partial charge on any atom is -0.309 e. The van der Waals surface area contributed by atoms with E-state index >= 15 is 0 Å². The Morgan fingerprint density at radius 1 is 1.29 bits per heavy atom. The normalized spacial score (nSPS) is 18.5. The van der Waals surface area contributed by atoms with E-state index in [9.17, 15) is 0 Å². The minimum atomic E-state index is 0.376. The summed E-state index contributed by atoms with van der Waals surface area (Å²) in [5, 5.41) is 3.76. The summed E-state index contributed by atoms with van der Waals surface area (Å²) in [5.41, 5.74) is 5.45. The van der Waals surface area contributed by atoms with Crippen molar-refractivity contribution in [3.05, 3.63) is 65.0 Å². The van der Waals surface area contributed by atoms with Gasteiger partial charge < -0.3 is 5.32 Å². The van der Waals surface area contributed by atoms with Crippen LogP contribution in [-0.2, 0) is 6.42 Å². The maximum Gasteiger partial charge on any atom is 0.0485 e. The van der Waals surface area contributed by atoms with Gasteiger partial charge in [0.1, 0.15) is 0 Å². The Morgan fingerprint density at radius 3 is 3.00 bits per heavy atom. The molecule has 21 heavy (non-hydrogen) atoms. The first kappa shape index (κ1) is 14.3. The van der Waals surface area contributed by atoms with Gasteiger partial charge in [-0.05, 0) is 49.9 Å². The number of hydrogen-bond acceptors (Lipinski definition) is 2. The zero-order valence-corrected chi connectivity index (χ0v) is 13.0. The molecule has 0 aliphatic heterocycles. The van der Waals surface area contributed by atoms with Crippen LogP contribution in [0.1, 0.15) is 54.1 Å². The summed E-state index contributed by atoms with van der Waals surface area (Å²) < 4.78 is 0. The Labute approximate surface area is 127 Å². The Hall–Kier alpha value is -1.67. The number of aryl methyl sites for hydroxylation is 2. The van der Waals surface area contributed by atoms with Crippen LogP contribution in [0.2, 0.25) is 0 Å². The van der Waals surface area contributed by atoms with E-state index in [2.05, 4.69) is 60.5 Å². The SMILES string of the molecule is CCCNC(c1cccc(C)c1)C1CCc2cccnc21. The molecule has 0 saturated heterocycles. The Bertz CT molecular complexity index is 606. The van der Waals surface area contributed by atoms with Gasteiger partial charge in [-0.3, -0.25) is 4.98 Å². The summed E-state index contributed by atoms with van der Waals surface area (Å²) >= 11 is 0. The summed E-state index contributed by atoms with van der Waals surface area (Å²) in [5.74, 6) is 0.495. The molecule has 2 atom stereocenters. The molecule has 1 aromatic carbocycles. The lowest BCUT2D eigenvalue weighted by molar-refractivity contribution is 0.437. The fourth-order valence-electron chi connectivity index (χ4n) is 3.42. The molecule has 2 heteroatoms. The molecule has 0 radical (unpaired) electrons. The minimum absolute atomic E-state index is 0.376. The van der Waals surface area contributed by atoms with E-state index in [0.717, 1.165) is 19.4 Å². The lowest BCUT2D eigenvalue weighted by Crippen LogP contribution is -2.27. The van der Waals surface area contributed by atoms with Crippen LogP contribution in [0.5, 0.6) is 0 Å². The topological polar surface area (TPSA) is 24.9 Å². The molecule has 1 heterocycles. The number of hydrogen-bond donors (Lipinski definition) is 1. The highest BCUT2D eigenvalue weighted by molar-refractivity contribution is 5.34. The summed E-state index contributed by atoms with van der Waals surface area (Å²) in [4.78, 5) is 4.68. The number of nitrogens with zero attached hydrogens (tertiary/aromatic N) is 1. The van der Waals surface area contributed by atoms with Gasteiger partial charge in [0.25, 0.3) is 0 Å². The standard InChI is InChI=1S/C19H24N2/c1-3-11-20-19(16-7-4-6-14(2)13-16)17-10-9-15-8-5-12-21-18(15)17/h4-8,12-13,17,19-20H,3,9-11H2,1-2H3. The summed E-state index contributed by atoms with van der Waals surface area (Å²) in [6.45, 7) is 5.44. The van der Waals surface area contributed by atoms with Crippen molar-refractivity contribution in [2.45, 2.75) is 45.1 Å². The van der Waals surface area contributed by atoms with Crippen LogP contribution in [0.15, 0.2) is 42.6 Å². The van der Waals surface area contributed by atoms with E-state index in [1.807, 2.05) is 6.20 Å². The van der Waals surface area contributed by atoms with Crippen LogP contribution in [0.25, 0.3) is 0 Å². The molecule has 0 saturated carbocycles. The summed E-state index contributed by atoms with van der Waals surface area (Å²) in [7, 11) is 0. The van der Waals surface area contributed by atoms with Crippen LogP contribution in [0.3, 0.4) is 0 Å². The van der Waals surface area contributed by atoms with E-state index in [1.165, 1.54) is 28.8 Å². The second-order valence-electron chi connectivity index (χ2n) is 6.04. The zero-order chi connectivity index (χ0) is 14.7. The molecule has 0 fully saturated rings. The van der Waals surface area contributed by atoms with Gasteiger partial charge in [0.2, 0.25) is 0 Å². The smallest absolute Gasteiger partial charge is 0.0485 e. The maximum absolute atomic E-state index is 4.68. The molecule has 2 nitrogen and oxygen atoms in total. The van der Waals surface area contributed by atoms with Crippen LogP contribution in [-0.4, -0.2) is 11.5 Å². The summed E-state index contributed by atoms with van der Waals surface area (Å²) in [6, 6.07) is 13.6. The third-order valence-corrected chi connectivity index (χ3v) is 4.42. The third-order valence-electron chi connectivity index (χ3n) is 4.42. The fourth-order valence-corrected chi connectivity index (χ4v) is 3.42. The van der Waals surface area contributed by atoms with Crippen molar-refractivity contribution in [2.75, 3.05) is 6.54 Å². The number of pyridine rings is 1. The highest BCUT2D eigenvalue weighted by Gasteiger charge is 2.31.